The van der Waals surface area contributed by atoms with E-state index in [1.165, 1.54) is 4.57 Å². The van der Waals surface area contributed by atoms with Crippen molar-refractivity contribution in [1.82, 2.24) is 4.57 Å². The van der Waals surface area contributed by atoms with Crippen LogP contribution in [0, 0.1) is 18.3 Å². The predicted molar refractivity (Wildman–Crippen MR) is 89.7 cm³/mol. The van der Waals surface area contributed by atoms with E-state index in [1.807, 2.05) is 6.07 Å². The van der Waals surface area contributed by atoms with Gasteiger partial charge < -0.3 is 20.4 Å². The van der Waals surface area contributed by atoms with Crippen LogP contribution in [0.2, 0.25) is 0 Å². The van der Waals surface area contributed by atoms with Crippen LogP contribution in [0.15, 0.2) is 46.6 Å². The highest BCUT2D eigenvalue weighted by Crippen LogP contribution is 2.51. The van der Waals surface area contributed by atoms with Crippen molar-refractivity contribution in [2.45, 2.75) is 12.3 Å². The van der Waals surface area contributed by atoms with E-state index in [-0.39, 0.29) is 22.8 Å². The number of rotatable bonds is 0. The number of nitrogens with zero attached hydrogens (tertiary/aromatic N) is 2. The van der Waals surface area contributed by atoms with E-state index >= 15 is 0 Å². The lowest BCUT2D eigenvalue weighted by Gasteiger charge is -2.33. The van der Waals surface area contributed by atoms with Crippen LogP contribution in [0.3, 0.4) is 0 Å². The maximum absolute atomic E-state index is 13.1. The van der Waals surface area contributed by atoms with Gasteiger partial charge in [0.25, 0.3) is 5.56 Å². The molecule has 25 heavy (non-hydrogen) atoms. The first kappa shape index (κ1) is 15.0. The Balaban J connectivity index is 2.24. The third-order valence-electron chi connectivity index (χ3n) is 4.88. The van der Waals surface area contributed by atoms with Gasteiger partial charge in [-0.3, -0.25) is 9.59 Å². The smallest absolute Gasteiger partial charge is 0.259 e. The van der Waals surface area contributed by atoms with Crippen molar-refractivity contribution in [3.63, 3.8) is 0 Å². The Morgan fingerprint density at radius 3 is 2.76 bits per heavy atom. The zero-order valence-corrected chi connectivity index (χ0v) is 13.6. The lowest BCUT2D eigenvalue weighted by atomic mass is 9.69. The third kappa shape index (κ3) is 1.63. The van der Waals surface area contributed by atoms with Crippen LogP contribution in [-0.2, 0) is 17.3 Å². The summed E-state index contributed by atoms with van der Waals surface area (Å²) >= 11 is 0. The number of ether oxygens (including phenoxy) is 1. The topological polar surface area (TPSA) is 110 Å². The van der Waals surface area contributed by atoms with Crippen molar-refractivity contribution in [1.29, 1.82) is 5.26 Å². The van der Waals surface area contributed by atoms with E-state index in [0.717, 1.165) is 0 Å². The molecule has 1 aromatic heterocycles. The molecule has 2 aliphatic rings. The van der Waals surface area contributed by atoms with Gasteiger partial charge in [0.15, 0.2) is 5.41 Å². The van der Waals surface area contributed by atoms with E-state index in [9.17, 15) is 14.9 Å². The van der Waals surface area contributed by atoms with Crippen LogP contribution in [0.25, 0.3) is 0 Å². The standard InChI is InChI=1S/C18H14N4O3/c1-9-7-13-14(16(23)22(9)2)18(11(8-19)15(20)25-13)10-5-3-4-6-12(10)21-17(18)24/h3-7H,20H2,1-2H3,(H,21,24)/t18-/m0/s1. The quantitative estimate of drug-likeness (QED) is 0.747. The largest absolute Gasteiger partial charge is 0.440 e. The SMILES string of the molecule is Cc1cc2c(c(=O)n1C)[C@@]1(C(=O)Nc3ccccc31)C(C#N)=C(N)O2. The molecular weight excluding hydrogens is 320 g/mol. The number of anilines is 1. The number of fused-ring (bicyclic) bond motifs is 4. The number of pyridine rings is 1. The molecule has 0 aliphatic carbocycles. The average Bonchev–Trinajstić information content (AvgIpc) is 2.86. The van der Waals surface area contributed by atoms with Crippen LogP contribution >= 0.6 is 0 Å². The van der Waals surface area contributed by atoms with Gasteiger partial charge in [0.2, 0.25) is 11.8 Å². The van der Waals surface area contributed by atoms with E-state index in [4.69, 9.17) is 10.5 Å². The molecule has 2 aromatic rings. The molecule has 0 fully saturated rings. The van der Waals surface area contributed by atoms with Gasteiger partial charge >= 0.3 is 0 Å². The fourth-order valence-electron chi connectivity index (χ4n) is 3.59. The average molecular weight is 334 g/mol. The number of para-hydroxylation sites is 1. The van der Waals surface area contributed by atoms with Gasteiger partial charge in [0, 0.05) is 30.1 Å². The number of hydrogen-bond acceptors (Lipinski definition) is 5. The van der Waals surface area contributed by atoms with Gasteiger partial charge in [-0.2, -0.15) is 5.26 Å². The van der Waals surface area contributed by atoms with Gasteiger partial charge in [-0.25, -0.2) is 0 Å². The molecule has 4 rings (SSSR count). The van der Waals surface area contributed by atoms with Gasteiger partial charge in [-0.05, 0) is 13.0 Å². The monoisotopic (exact) mass is 334 g/mol. The maximum Gasteiger partial charge on any atom is 0.259 e. The van der Waals surface area contributed by atoms with Crippen molar-refractivity contribution in [2.24, 2.45) is 12.8 Å². The molecular formula is C18H14N4O3. The fourth-order valence-corrected chi connectivity index (χ4v) is 3.59. The minimum absolute atomic E-state index is 0.0802. The molecule has 0 saturated heterocycles. The number of carbonyl (C=O) groups is 1. The van der Waals surface area contributed by atoms with Crippen LogP contribution in [0.4, 0.5) is 5.69 Å². The second-order valence-electron chi connectivity index (χ2n) is 6.09. The molecule has 3 N–H and O–H groups in total. The van der Waals surface area contributed by atoms with E-state index in [0.29, 0.717) is 16.9 Å². The Morgan fingerprint density at radius 1 is 1.32 bits per heavy atom. The molecule has 0 saturated carbocycles. The van der Waals surface area contributed by atoms with Gasteiger partial charge in [0.1, 0.15) is 17.4 Å². The third-order valence-corrected chi connectivity index (χ3v) is 4.88. The summed E-state index contributed by atoms with van der Waals surface area (Å²) in [6.07, 6.45) is 0. The molecule has 7 heteroatoms. The Morgan fingerprint density at radius 2 is 2.04 bits per heavy atom. The molecule has 1 spiro atoms. The maximum atomic E-state index is 13.1. The van der Waals surface area contributed by atoms with Crippen molar-refractivity contribution in [2.75, 3.05) is 5.32 Å². The summed E-state index contributed by atoms with van der Waals surface area (Å²) in [5.74, 6) is -0.461. The second-order valence-corrected chi connectivity index (χ2v) is 6.09. The van der Waals surface area contributed by atoms with Gasteiger partial charge in [-0.1, -0.05) is 18.2 Å². The summed E-state index contributed by atoms with van der Waals surface area (Å²) in [7, 11) is 1.61. The molecule has 1 atom stereocenters. The van der Waals surface area contributed by atoms with Crippen molar-refractivity contribution < 1.29 is 9.53 Å². The van der Waals surface area contributed by atoms with Crippen LogP contribution in [-0.4, -0.2) is 10.5 Å². The lowest BCUT2D eigenvalue weighted by Crippen LogP contribution is -2.47. The van der Waals surface area contributed by atoms with Gasteiger partial charge in [0.05, 0.1) is 5.56 Å². The number of hydrogen-bond donors (Lipinski definition) is 2. The Hall–Kier alpha value is -3.53. The number of nitrogens with two attached hydrogens (primary N) is 1. The molecule has 0 radical (unpaired) electrons. The van der Waals surface area contributed by atoms with E-state index in [2.05, 4.69) is 5.32 Å². The number of amides is 1. The number of aromatic nitrogens is 1. The molecule has 0 unspecified atom stereocenters. The molecule has 0 bridgehead atoms. The van der Waals surface area contributed by atoms with Crippen molar-refractivity contribution in [3.8, 4) is 11.8 Å². The number of aryl methyl sites for hydroxylation is 1. The first-order valence-electron chi connectivity index (χ1n) is 7.63. The van der Waals surface area contributed by atoms with Crippen LogP contribution in [0.1, 0.15) is 16.8 Å². The molecule has 1 aromatic carbocycles. The molecule has 7 nitrogen and oxygen atoms in total. The fraction of sp³-hybridized carbons (Fsp3) is 0.167. The van der Waals surface area contributed by atoms with Crippen molar-refractivity contribution >= 4 is 11.6 Å². The minimum atomic E-state index is -1.61. The van der Waals surface area contributed by atoms with E-state index < -0.39 is 16.9 Å². The summed E-state index contributed by atoms with van der Waals surface area (Å²) < 4.78 is 6.97. The summed E-state index contributed by atoms with van der Waals surface area (Å²) in [5.41, 5.74) is 5.70. The molecule has 3 heterocycles. The van der Waals surface area contributed by atoms with Crippen LogP contribution < -0.4 is 21.3 Å². The molecule has 2 aliphatic heterocycles. The Kier molecular flexibility index (Phi) is 2.85. The predicted octanol–water partition coefficient (Wildman–Crippen LogP) is 1.02. The molecule has 1 amide bonds. The summed E-state index contributed by atoms with van der Waals surface area (Å²) in [6, 6.07) is 10.6. The Bertz CT molecular complexity index is 1090. The highest BCUT2D eigenvalue weighted by molar-refractivity contribution is 6.12. The Labute approximate surface area is 142 Å². The van der Waals surface area contributed by atoms with E-state index in [1.54, 1.807) is 44.3 Å². The lowest BCUT2D eigenvalue weighted by molar-refractivity contribution is -0.118. The number of carbonyl (C=O) groups excluding carboxylic acids is 1. The van der Waals surface area contributed by atoms with Crippen molar-refractivity contribution in [3.05, 3.63) is 69.0 Å². The minimum Gasteiger partial charge on any atom is -0.440 e. The number of nitriles is 1. The summed E-state index contributed by atoms with van der Waals surface area (Å²) in [4.78, 5) is 26.1. The first-order valence-corrected chi connectivity index (χ1v) is 7.63. The van der Waals surface area contributed by atoms with Gasteiger partial charge in [-0.15, -0.1) is 0 Å². The second kappa shape index (κ2) is 4.74. The summed E-state index contributed by atoms with van der Waals surface area (Å²) in [5, 5.41) is 12.5. The number of nitrogens with one attached hydrogen (secondary N) is 1. The highest BCUT2D eigenvalue weighted by atomic mass is 16.5. The highest BCUT2D eigenvalue weighted by Gasteiger charge is 2.58. The number of benzene rings is 1. The first-order chi connectivity index (χ1) is 11.9. The summed E-state index contributed by atoms with van der Waals surface area (Å²) in [6.45, 7) is 1.75. The zero-order chi connectivity index (χ0) is 17.9. The van der Waals surface area contributed by atoms with Crippen LogP contribution in [0.5, 0.6) is 5.75 Å². The zero-order valence-electron chi connectivity index (χ0n) is 13.6. The molecule has 124 valence electrons. The normalized spacial score (nSPS) is 20.6.